The van der Waals surface area contributed by atoms with Crippen LogP contribution in [0.25, 0.3) is 0 Å². The Morgan fingerprint density at radius 2 is 2.30 bits per heavy atom. The van der Waals surface area contributed by atoms with Crippen LogP contribution in [0.3, 0.4) is 0 Å². The van der Waals surface area contributed by atoms with Crippen molar-refractivity contribution in [3.05, 3.63) is 0 Å². The first kappa shape index (κ1) is 9.82. The summed E-state index contributed by atoms with van der Waals surface area (Å²) < 4.78 is 0. The predicted octanol–water partition coefficient (Wildman–Crippen LogP) is 1.12. The van der Waals surface area contributed by atoms with Crippen molar-refractivity contribution in [3.8, 4) is 0 Å². The van der Waals surface area contributed by atoms with Crippen LogP contribution in [-0.4, -0.2) is 24.5 Å². The molecule has 0 heterocycles. The average Bonchev–Trinajstić information content (AvgIpc) is 1.89. The van der Waals surface area contributed by atoms with Crippen molar-refractivity contribution in [3.63, 3.8) is 0 Å². The molecule has 0 aromatic carbocycles. The smallest absolute Gasteiger partial charge is 0.223 e. The lowest BCUT2D eigenvalue weighted by Gasteiger charge is -2.08. The maximum atomic E-state index is 11.0. The van der Waals surface area contributed by atoms with Crippen LogP contribution in [0.5, 0.6) is 0 Å². The van der Waals surface area contributed by atoms with Crippen LogP contribution < -0.4 is 5.32 Å². The van der Waals surface area contributed by atoms with Crippen molar-refractivity contribution in [1.29, 1.82) is 0 Å². The second-order valence-corrected chi connectivity index (χ2v) is 3.16. The average molecular weight is 161 g/mol. The highest BCUT2D eigenvalue weighted by Crippen LogP contribution is 2.03. The molecule has 0 aliphatic heterocycles. The van der Waals surface area contributed by atoms with E-state index in [1.807, 2.05) is 20.1 Å². The predicted molar refractivity (Wildman–Crippen MR) is 46.2 cm³/mol. The highest BCUT2D eigenvalue weighted by molar-refractivity contribution is 7.98. The fourth-order valence-corrected chi connectivity index (χ4v) is 1.33. The molecule has 0 aromatic heterocycles. The molecule has 60 valence electrons. The molecule has 1 amide bonds. The molecular weight excluding hydrogens is 146 g/mol. The van der Waals surface area contributed by atoms with Gasteiger partial charge < -0.3 is 5.32 Å². The van der Waals surface area contributed by atoms with Crippen molar-refractivity contribution >= 4 is 17.7 Å². The van der Waals surface area contributed by atoms with Gasteiger partial charge >= 0.3 is 0 Å². The minimum Gasteiger partial charge on any atom is -0.356 e. The van der Waals surface area contributed by atoms with Gasteiger partial charge in [-0.05, 0) is 13.2 Å². The van der Waals surface area contributed by atoms with E-state index in [1.165, 1.54) is 0 Å². The third-order valence-electron chi connectivity index (χ3n) is 1.22. The third kappa shape index (κ3) is 3.77. The summed E-state index contributed by atoms with van der Waals surface area (Å²) in [6, 6.07) is 0. The Balaban J connectivity index is 3.49. The summed E-state index contributed by atoms with van der Waals surface area (Å²) >= 11 is 1.70. The Morgan fingerprint density at radius 1 is 1.70 bits per heavy atom. The molecule has 3 heteroatoms. The highest BCUT2D eigenvalue weighted by Gasteiger charge is 2.09. The zero-order valence-electron chi connectivity index (χ0n) is 6.81. The second-order valence-electron chi connectivity index (χ2n) is 2.25. The summed E-state index contributed by atoms with van der Waals surface area (Å²) in [5.74, 6) is 1.22. The summed E-state index contributed by atoms with van der Waals surface area (Å²) in [7, 11) is 0. The quantitative estimate of drug-likeness (QED) is 0.669. The van der Waals surface area contributed by atoms with E-state index in [4.69, 9.17) is 0 Å². The van der Waals surface area contributed by atoms with Crippen LogP contribution in [-0.2, 0) is 4.79 Å². The Hall–Kier alpha value is -0.180. The van der Waals surface area contributed by atoms with E-state index in [-0.39, 0.29) is 11.8 Å². The Bertz CT molecular complexity index is 106. The molecule has 10 heavy (non-hydrogen) atoms. The molecule has 0 aromatic rings. The molecule has 1 atom stereocenters. The van der Waals surface area contributed by atoms with Crippen LogP contribution in [0.2, 0.25) is 0 Å². The number of carbonyl (C=O) groups excluding carboxylic acids is 1. The van der Waals surface area contributed by atoms with Gasteiger partial charge in [-0.1, -0.05) is 6.92 Å². The van der Waals surface area contributed by atoms with E-state index in [1.54, 1.807) is 11.8 Å². The van der Waals surface area contributed by atoms with Crippen LogP contribution in [0.4, 0.5) is 0 Å². The van der Waals surface area contributed by atoms with E-state index in [0.29, 0.717) is 0 Å². The number of nitrogens with one attached hydrogen (secondary N) is 1. The van der Waals surface area contributed by atoms with Gasteiger partial charge in [0.05, 0.1) is 0 Å². The molecule has 0 rings (SSSR count). The molecule has 2 nitrogen and oxygen atoms in total. The van der Waals surface area contributed by atoms with Crippen LogP contribution in [0.1, 0.15) is 13.8 Å². The topological polar surface area (TPSA) is 29.1 Å². The molecule has 0 radical (unpaired) electrons. The minimum absolute atomic E-state index is 0.148. The second kappa shape index (κ2) is 5.59. The number of carbonyl (C=O) groups is 1. The first-order valence-corrected chi connectivity index (χ1v) is 4.88. The lowest BCUT2D eigenvalue weighted by molar-refractivity contribution is -0.123. The zero-order chi connectivity index (χ0) is 7.98. The molecule has 0 saturated heterocycles. The van der Waals surface area contributed by atoms with Gasteiger partial charge in [-0.15, -0.1) is 0 Å². The maximum absolute atomic E-state index is 11.0. The first-order valence-electron chi connectivity index (χ1n) is 3.49. The first-order chi connectivity index (χ1) is 4.72. The third-order valence-corrected chi connectivity index (χ3v) is 2.05. The van der Waals surface area contributed by atoms with Gasteiger partial charge in [-0.25, -0.2) is 0 Å². The Kier molecular flexibility index (Phi) is 5.49. The van der Waals surface area contributed by atoms with Gasteiger partial charge in [-0.3, -0.25) is 4.79 Å². The van der Waals surface area contributed by atoms with Crippen LogP contribution in [0.15, 0.2) is 0 Å². The van der Waals surface area contributed by atoms with E-state index >= 15 is 0 Å². The zero-order valence-corrected chi connectivity index (χ0v) is 7.62. The SMILES string of the molecule is CCNC(=O)C(C)CSC. The number of hydrogen-bond donors (Lipinski definition) is 1. The molecule has 0 saturated carbocycles. The molecule has 0 spiro atoms. The van der Waals surface area contributed by atoms with Crippen molar-refractivity contribution in [1.82, 2.24) is 5.32 Å². The standard InChI is InChI=1S/C7H15NOS/c1-4-8-7(9)6(2)5-10-3/h6H,4-5H2,1-3H3,(H,8,9). The van der Waals surface area contributed by atoms with E-state index in [9.17, 15) is 4.79 Å². The van der Waals surface area contributed by atoms with Gasteiger partial charge in [-0.2, -0.15) is 11.8 Å². The molecule has 0 bridgehead atoms. The summed E-state index contributed by atoms with van der Waals surface area (Å²) in [5, 5.41) is 2.78. The summed E-state index contributed by atoms with van der Waals surface area (Å²) in [4.78, 5) is 11.0. The van der Waals surface area contributed by atoms with Crippen molar-refractivity contribution in [2.24, 2.45) is 5.92 Å². The number of rotatable bonds is 4. The van der Waals surface area contributed by atoms with Crippen molar-refractivity contribution in [2.75, 3.05) is 18.6 Å². The monoisotopic (exact) mass is 161 g/mol. The normalized spacial score (nSPS) is 12.7. The number of thioether (sulfide) groups is 1. The Morgan fingerprint density at radius 3 is 2.70 bits per heavy atom. The lowest BCUT2D eigenvalue weighted by atomic mass is 10.2. The Labute approximate surface area is 66.8 Å². The summed E-state index contributed by atoms with van der Waals surface area (Å²) in [6.45, 7) is 4.61. The van der Waals surface area contributed by atoms with Gasteiger partial charge in [0.25, 0.3) is 0 Å². The molecule has 1 unspecified atom stereocenters. The van der Waals surface area contributed by atoms with Gasteiger partial charge in [0, 0.05) is 18.2 Å². The highest BCUT2D eigenvalue weighted by atomic mass is 32.2. The lowest BCUT2D eigenvalue weighted by Crippen LogP contribution is -2.29. The van der Waals surface area contributed by atoms with Gasteiger partial charge in [0.15, 0.2) is 0 Å². The maximum Gasteiger partial charge on any atom is 0.223 e. The minimum atomic E-state index is 0.148. The molecular formula is C7H15NOS. The molecule has 0 aliphatic carbocycles. The van der Waals surface area contributed by atoms with Gasteiger partial charge in [0.2, 0.25) is 5.91 Å². The van der Waals surface area contributed by atoms with Crippen LogP contribution in [0, 0.1) is 5.92 Å². The number of hydrogen-bond acceptors (Lipinski definition) is 2. The molecule has 0 fully saturated rings. The van der Waals surface area contributed by atoms with Crippen molar-refractivity contribution in [2.45, 2.75) is 13.8 Å². The summed E-state index contributed by atoms with van der Waals surface area (Å²) in [5.41, 5.74) is 0. The molecule has 1 N–H and O–H groups in total. The van der Waals surface area contributed by atoms with Gasteiger partial charge in [0.1, 0.15) is 0 Å². The summed E-state index contributed by atoms with van der Waals surface area (Å²) in [6.07, 6.45) is 2.01. The largest absolute Gasteiger partial charge is 0.356 e. The van der Waals surface area contributed by atoms with E-state index in [2.05, 4.69) is 5.32 Å². The van der Waals surface area contributed by atoms with Crippen LogP contribution >= 0.6 is 11.8 Å². The van der Waals surface area contributed by atoms with E-state index < -0.39 is 0 Å². The van der Waals surface area contributed by atoms with E-state index in [0.717, 1.165) is 12.3 Å². The van der Waals surface area contributed by atoms with Crippen molar-refractivity contribution < 1.29 is 4.79 Å². The fourth-order valence-electron chi connectivity index (χ4n) is 0.674. The molecule has 0 aliphatic rings. The fraction of sp³-hybridized carbons (Fsp3) is 0.857. The number of amides is 1.